The largest absolute Gasteiger partial charge is 0.488 e. The molecule has 0 fully saturated rings. The van der Waals surface area contributed by atoms with E-state index in [-0.39, 0.29) is 23.7 Å². The molecule has 4 heteroatoms. The summed E-state index contributed by atoms with van der Waals surface area (Å²) in [6, 6.07) is 4.56. The van der Waals surface area contributed by atoms with Crippen LogP contribution in [0, 0.1) is 11.7 Å². The molecule has 0 aliphatic carbocycles. The highest BCUT2D eigenvalue weighted by molar-refractivity contribution is 5.78. The van der Waals surface area contributed by atoms with Crippen molar-refractivity contribution in [3.63, 3.8) is 0 Å². The Hall–Kier alpha value is -1.58. The van der Waals surface area contributed by atoms with Crippen molar-refractivity contribution in [1.29, 1.82) is 0 Å². The van der Waals surface area contributed by atoms with E-state index in [0.29, 0.717) is 13.0 Å². The van der Waals surface area contributed by atoms with Crippen molar-refractivity contribution in [2.24, 2.45) is 5.92 Å². The van der Waals surface area contributed by atoms with Crippen molar-refractivity contribution in [2.45, 2.75) is 52.1 Å². The van der Waals surface area contributed by atoms with Crippen molar-refractivity contribution < 1.29 is 13.9 Å². The van der Waals surface area contributed by atoms with Gasteiger partial charge in [0.2, 0.25) is 5.91 Å². The van der Waals surface area contributed by atoms with Crippen molar-refractivity contribution in [2.75, 3.05) is 6.54 Å². The summed E-state index contributed by atoms with van der Waals surface area (Å²) < 4.78 is 18.9. The molecule has 2 atom stereocenters. The average Bonchev–Trinajstić information content (AvgIpc) is 2.87. The molecule has 2 unspecified atom stereocenters. The zero-order valence-corrected chi connectivity index (χ0v) is 12.8. The van der Waals surface area contributed by atoms with Gasteiger partial charge in [0.1, 0.15) is 17.7 Å². The van der Waals surface area contributed by atoms with E-state index in [1.54, 1.807) is 6.07 Å². The minimum atomic E-state index is -0.243. The normalized spacial score (nSPS) is 18.0. The van der Waals surface area contributed by atoms with E-state index >= 15 is 0 Å². The van der Waals surface area contributed by atoms with Crippen LogP contribution in [0.2, 0.25) is 0 Å². The van der Waals surface area contributed by atoms with Gasteiger partial charge in [-0.25, -0.2) is 4.39 Å². The predicted octanol–water partition coefficient (Wildman–Crippen LogP) is 3.46. The lowest BCUT2D eigenvalue weighted by molar-refractivity contribution is -0.125. The lowest BCUT2D eigenvalue weighted by Gasteiger charge is -2.17. The second kappa shape index (κ2) is 7.43. The lowest BCUT2D eigenvalue weighted by Crippen LogP contribution is -2.37. The second-order valence-electron chi connectivity index (χ2n) is 5.69. The van der Waals surface area contributed by atoms with Gasteiger partial charge in [-0.3, -0.25) is 4.79 Å². The van der Waals surface area contributed by atoms with Crippen LogP contribution in [0.4, 0.5) is 4.39 Å². The van der Waals surface area contributed by atoms with Crippen LogP contribution in [-0.2, 0) is 11.2 Å². The first kappa shape index (κ1) is 15.8. The first-order valence-electron chi connectivity index (χ1n) is 7.86. The molecule has 0 saturated heterocycles. The van der Waals surface area contributed by atoms with E-state index in [0.717, 1.165) is 37.0 Å². The molecule has 1 aliphatic heterocycles. The molecular formula is C17H24FNO2. The fourth-order valence-electron chi connectivity index (χ4n) is 2.73. The van der Waals surface area contributed by atoms with Gasteiger partial charge in [0.25, 0.3) is 0 Å². The number of rotatable bonds is 7. The van der Waals surface area contributed by atoms with Gasteiger partial charge in [0.15, 0.2) is 0 Å². The third-order valence-electron chi connectivity index (χ3n) is 4.04. The number of amides is 1. The summed E-state index contributed by atoms with van der Waals surface area (Å²) >= 11 is 0. The summed E-state index contributed by atoms with van der Waals surface area (Å²) in [5.41, 5.74) is 0.882. The van der Waals surface area contributed by atoms with Gasteiger partial charge < -0.3 is 10.1 Å². The van der Waals surface area contributed by atoms with Crippen LogP contribution in [-0.4, -0.2) is 18.6 Å². The highest BCUT2D eigenvalue weighted by Crippen LogP contribution is 2.29. The summed E-state index contributed by atoms with van der Waals surface area (Å²) in [7, 11) is 0. The van der Waals surface area contributed by atoms with E-state index in [9.17, 15) is 9.18 Å². The minimum absolute atomic E-state index is 0.0885. The zero-order valence-electron chi connectivity index (χ0n) is 12.8. The van der Waals surface area contributed by atoms with Crippen LogP contribution in [0.15, 0.2) is 18.2 Å². The Kier molecular flexibility index (Phi) is 5.59. The van der Waals surface area contributed by atoms with Crippen LogP contribution in [0.5, 0.6) is 5.75 Å². The van der Waals surface area contributed by atoms with Crippen LogP contribution in [0.3, 0.4) is 0 Å². The van der Waals surface area contributed by atoms with Gasteiger partial charge in [-0.15, -0.1) is 0 Å². The predicted molar refractivity (Wildman–Crippen MR) is 80.8 cm³/mol. The second-order valence-corrected chi connectivity index (χ2v) is 5.69. The van der Waals surface area contributed by atoms with Gasteiger partial charge in [0.05, 0.1) is 6.54 Å². The molecule has 0 saturated carbocycles. The number of fused-ring (bicyclic) bond motifs is 1. The van der Waals surface area contributed by atoms with E-state index in [1.807, 2.05) is 6.92 Å². The third-order valence-corrected chi connectivity index (χ3v) is 4.04. The highest BCUT2D eigenvalue weighted by Gasteiger charge is 2.24. The average molecular weight is 293 g/mol. The Labute approximate surface area is 125 Å². The number of halogens is 1. The van der Waals surface area contributed by atoms with Gasteiger partial charge in [-0.2, -0.15) is 0 Å². The Bertz CT molecular complexity index is 490. The maximum atomic E-state index is 13.1. The molecule has 1 aliphatic rings. The van der Waals surface area contributed by atoms with Crippen LogP contribution >= 0.6 is 0 Å². The molecule has 2 rings (SSSR count). The quantitative estimate of drug-likeness (QED) is 0.836. The Morgan fingerprint density at radius 2 is 2.29 bits per heavy atom. The summed E-state index contributed by atoms with van der Waals surface area (Å²) in [6.07, 6.45) is 4.56. The molecule has 1 aromatic rings. The third kappa shape index (κ3) is 4.19. The molecule has 1 aromatic carbocycles. The topological polar surface area (TPSA) is 38.3 Å². The fraction of sp³-hybridized carbons (Fsp3) is 0.588. The van der Waals surface area contributed by atoms with E-state index in [2.05, 4.69) is 12.2 Å². The maximum absolute atomic E-state index is 13.1. The standard InChI is InChI=1S/C17H24FNO2/c1-3-5-6-12(4-2)17(20)19-11-15-10-13-9-14(18)7-8-16(13)21-15/h7-9,12,15H,3-6,10-11H2,1-2H3,(H,19,20). The first-order valence-corrected chi connectivity index (χ1v) is 7.86. The van der Waals surface area contributed by atoms with Gasteiger partial charge in [-0.1, -0.05) is 26.7 Å². The minimum Gasteiger partial charge on any atom is -0.488 e. The summed E-state index contributed by atoms with van der Waals surface area (Å²) in [5, 5.41) is 2.98. The number of carbonyl (C=O) groups is 1. The maximum Gasteiger partial charge on any atom is 0.223 e. The fourth-order valence-corrected chi connectivity index (χ4v) is 2.73. The molecule has 0 aromatic heterocycles. The molecule has 1 N–H and O–H groups in total. The number of hydrogen-bond donors (Lipinski definition) is 1. The molecular weight excluding hydrogens is 269 g/mol. The molecule has 1 amide bonds. The number of benzene rings is 1. The number of carbonyl (C=O) groups excluding carboxylic acids is 1. The highest BCUT2D eigenvalue weighted by atomic mass is 19.1. The van der Waals surface area contributed by atoms with Crippen molar-refractivity contribution in [3.05, 3.63) is 29.6 Å². The number of nitrogens with one attached hydrogen (secondary N) is 1. The molecule has 1 heterocycles. The summed E-state index contributed by atoms with van der Waals surface area (Å²) in [5.74, 6) is 0.684. The van der Waals surface area contributed by atoms with Gasteiger partial charge >= 0.3 is 0 Å². The SMILES string of the molecule is CCCCC(CC)C(=O)NCC1Cc2cc(F)ccc2O1. The van der Waals surface area contributed by atoms with Crippen LogP contribution in [0.25, 0.3) is 0 Å². The lowest BCUT2D eigenvalue weighted by atomic mass is 9.98. The molecule has 0 bridgehead atoms. The Morgan fingerprint density at radius 1 is 1.48 bits per heavy atom. The van der Waals surface area contributed by atoms with Gasteiger partial charge in [-0.05, 0) is 31.0 Å². The van der Waals surface area contributed by atoms with Crippen molar-refractivity contribution in [3.8, 4) is 5.75 Å². The number of ether oxygens (including phenoxy) is 1. The first-order chi connectivity index (χ1) is 10.1. The summed E-state index contributed by atoms with van der Waals surface area (Å²) in [6.45, 7) is 4.66. The molecule has 21 heavy (non-hydrogen) atoms. The zero-order chi connectivity index (χ0) is 15.2. The Morgan fingerprint density at radius 3 is 3.00 bits per heavy atom. The van der Waals surface area contributed by atoms with E-state index in [1.165, 1.54) is 12.1 Å². The van der Waals surface area contributed by atoms with Crippen molar-refractivity contribution in [1.82, 2.24) is 5.32 Å². The molecule has 3 nitrogen and oxygen atoms in total. The summed E-state index contributed by atoms with van der Waals surface area (Å²) in [4.78, 5) is 12.1. The smallest absolute Gasteiger partial charge is 0.223 e. The van der Waals surface area contributed by atoms with E-state index < -0.39 is 0 Å². The van der Waals surface area contributed by atoms with Gasteiger partial charge in [0, 0.05) is 17.9 Å². The number of hydrogen-bond acceptors (Lipinski definition) is 2. The van der Waals surface area contributed by atoms with Crippen LogP contribution < -0.4 is 10.1 Å². The molecule has 116 valence electrons. The monoisotopic (exact) mass is 293 g/mol. The van der Waals surface area contributed by atoms with Crippen molar-refractivity contribution >= 4 is 5.91 Å². The molecule has 0 radical (unpaired) electrons. The van der Waals surface area contributed by atoms with Crippen LogP contribution in [0.1, 0.15) is 45.1 Å². The molecule has 0 spiro atoms. The Balaban J connectivity index is 1.80. The van der Waals surface area contributed by atoms with E-state index in [4.69, 9.17) is 4.74 Å². The number of unbranched alkanes of at least 4 members (excludes halogenated alkanes) is 1.